The van der Waals surface area contributed by atoms with Crippen LogP contribution >= 0.6 is 0 Å². The highest BCUT2D eigenvalue weighted by atomic mass is 32.2. The topological polar surface area (TPSA) is 78.5 Å². The van der Waals surface area contributed by atoms with Gasteiger partial charge in [0.25, 0.3) is 5.91 Å². The largest absolute Gasteiger partial charge is 0.351 e. The summed E-state index contributed by atoms with van der Waals surface area (Å²) in [5.41, 5.74) is 1.21. The second-order valence-electron chi connectivity index (χ2n) is 6.62. The standard InChI is InChI=1S/C20H25N3O3S/c24-20(22-12-15-23-13-10-21-11-14-23)18-6-8-19(9-7-18)27(25,26)16-17-4-2-1-3-5-17/h1-9,21H,10-16H2,(H,22,24). The molecule has 0 saturated carbocycles. The van der Waals surface area contributed by atoms with Gasteiger partial charge in [0.05, 0.1) is 10.6 Å². The fraction of sp³-hybridized carbons (Fsp3) is 0.350. The zero-order chi connectivity index (χ0) is 19.1. The van der Waals surface area contributed by atoms with E-state index in [0.717, 1.165) is 38.3 Å². The van der Waals surface area contributed by atoms with Crippen LogP contribution in [0, 0.1) is 0 Å². The van der Waals surface area contributed by atoms with Gasteiger partial charge < -0.3 is 10.6 Å². The van der Waals surface area contributed by atoms with Crippen LogP contribution < -0.4 is 10.6 Å². The molecule has 0 bridgehead atoms. The summed E-state index contributed by atoms with van der Waals surface area (Å²) in [6.07, 6.45) is 0. The highest BCUT2D eigenvalue weighted by Gasteiger charge is 2.16. The molecule has 6 nitrogen and oxygen atoms in total. The van der Waals surface area contributed by atoms with Crippen molar-refractivity contribution in [2.75, 3.05) is 39.3 Å². The maximum Gasteiger partial charge on any atom is 0.251 e. The molecule has 0 atom stereocenters. The van der Waals surface area contributed by atoms with Gasteiger partial charge in [-0.05, 0) is 29.8 Å². The minimum Gasteiger partial charge on any atom is -0.351 e. The molecule has 0 aromatic heterocycles. The molecule has 0 spiro atoms. The first-order chi connectivity index (χ1) is 13.0. The molecule has 27 heavy (non-hydrogen) atoms. The molecule has 144 valence electrons. The Hall–Kier alpha value is -2.22. The van der Waals surface area contributed by atoms with Crippen LogP contribution in [0.4, 0.5) is 0 Å². The van der Waals surface area contributed by atoms with E-state index < -0.39 is 9.84 Å². The Bertz CT molecular complexity index is 846. The molecule has 3 rings (SSSR count). The average Bonchev–Trinajstić information content (AvgIpc) is 2.69. The van der Waals surface area contributed by atoms with Gasteiger partial charge in [-0.25, -0.2) is 8.42 Å². The van der Waals surface area contributed by atoms with Crippen LogP contribution in [0.25, 0.3) is 0 Å². The van der Waals surface area contributed by atoms with Crippen LogP contribution in [-0.2, 0) is 15.6 Å². The number of hydrogen-bond donors (Lipinski definition) is 2. The summed E-state index contributed by atoms with van der Waals surface area (Å²) in [5.74, 6) is -0.235. The maximum atomic E-state index is 12.5. The number of carbonyl (C=O) groups excluding carboxylic acids is 1. The predicted octanol–water partition coefficient (Wildman–Crippen LogP) is 1.30. The van der Waals surface area contributed by atoms with E-state index in [4.69, 9.17) is 0 Å². The van der Waals surface area contributed by atoms with Gasteiger partial charge >= 0.3 is 0 Å². The molecule has 1 saturated heterocycles. The van der Waals surface area contributed by atoms with Gasteiger partial charge in [-0.1, -0.05) is 30.3 Å². The van der Waals surface area contributed by atoms with Crippen molar-refractivity contribution in [3.63, 3.8) is 0 Å². The minimum atomic E-state index is -3.43. The summed E-state index contributed by atoms with van der Waals surface area (Å²) in [6, 6.07) is 15.2. The minimum absolute atomic E-state index is 0.0515. The first-order valence-corrected chi connectivity index (χ1v) is 10.8. The van der Waals surface area contributed by atoms with Crippen molar-refractivity contribution in [3.05, 3.63) is 65.7 Å². The van der Waals surface area contributed by atoms with E-state index in [2.05, 4.69) is 15.5 Å². The number of nitrogens with one attached hydrogen (secondary N) is 2. The van der Waals surface area contributed by atoms with Crippen LogP contribution in [0.15, 0.2) is 59.5 Å². The first kappa shape index (κ1) is 19.5. The fourth-order valence-corrected chi connectivity index (χ4v) is 4.40. The van der Waals surface area contributed by atoms with E-state index in [-0.39, 0.29) is 16.6 Å². The van der Waals surface area contributed by atoms with Crippen LogP contribution in [0.5, 0.6) is 0 Å². The third kappa shape index (κ3) is 5.63. The van der Waals surface area contributed by atoms with E-state index in [9.17, 15) is 13.2 Å². The summed E-state index contributed by atoms with van der Waals surface area (Å²) >= 11 is 0. The SMILES string of the molecule is O=C(NCCN1CCNCC1)c1ccc(S(=O)(=O)Cc2ccccc2)cc1. The van der Waals surface area contributed by atoms with Gasteiger partial charge in [-0.2, -0.15) is 0 Å². The van der Waals surface area contributed by atoms with Gasteiger partial charge in [0.1, 0.15) is 0 Å². The smallest absolute Gasteiger partial charge is 0.251 e. The third-order valence-electron chi connectivity index (χ3n) is 4.60. The lowest BCUT2D eigenvalue weighted by Crippen LogP contribution is -2.46. The highest BCUT2D eigenvalue weighted by Crippen LogP contribution is 2.17. The first-order valence-electron chi connectivity index (χ1n) is 9.13. The molecular weight excluding hydrogens is 362 g/mol. The molecule has 0 aliphatic carbocycles. The van der Waals surface area contributed by atoms with Crippen LogP contribution in [0.1, 0.15) is 15.9 Å². The Morgan fingerprint density at radius 2 is 1.67 bits per heavy atom. The summed E-state index contributed by atoms with van der Waals surface area (Å²) < 4.78 is 25.0. The van der Waals surface area contributed by atoms with E-state index in [1.807, 2.05) is 18.2 Å². The summed E-state index contributed by atoms with van der Waals surface area (Å²) in [7, 11) is -3.43. The molecule has 2 aromatic rings. The molecule has 1 aliphatic rings. The molecule has 1 amide bonds. The lowest BCUT2D eigenvalue weighted by atomic mass is 10.2. The Kier molecular flexibility index (Phi) is 6.60. The molecular formula is C20H25N3O3S. The third-order valence-corrected chi connectivity index (χ3v) is 6.30. The van der Waals surface area contributed by atoms with Gasteiger partial charge in [0.15, 0.2) is 9.84 Å². The Balaban J connectivity index is 1.55. The molecule has 1 fully saturated rings. The maximum absolute atomic E-state index is 12.5. The number of piperazine rings is 1. The summed E-state index contributed by atoms with van der Waals surface area (Å²) in [4.78, 5) is 14.8. The molecule has 1 heterocycles. The van der Waals surface area contributed by atoms with Crippen molar-refractivity contribution in [2.45, 2.75) is 10.6 Å². The van der Waals surface area contributed by atoms with E-state index in [1.54, 1.807) is 24.3 Å². The van der Waals surface area contributed by atoms with Crippen LogP contribution in [0.2, 0.25) is 0 Å². The van der Waals surface area contributed by atoms with Gasteiger partial charge in [0, 0.05) is 44.8 Å². The molecule has 1 aliphatic heterocycles. The normalized spacial score (nSPS) is 15.4. The fourth-order valence-electron chi connectivity index (χ4n) is 3.05. The quantitative estimate of drug-likeness (QED) is 0.749. The van der Waals surface area contributed by atoms with Crippen LogP contribution in [0.3, 0.4) is 0 Å². The number of amides is 1. The number of sulfone groups is 1. The van der Waals surface area contributed by atoms with Crippen molar-refractivity contribution in [1.29, 1.82) is 0 Å². The highest BCUT2D eigenvalue weighted by molar-refractivity contribution is 7.90. The summed E-state index contributed by atoms with van der Waals surface area (Å²) in [6.45, 7) is 5.33. The van der Waals surface area contributed by atoms with Crippen molar-refractivity contribution in [1.82, 2.24) is 15.5 Å². The number of benzene rings is 2. The van der Waals surface area contributed by atoms with E-state index in [0.29, 0.717) is 12.1 Å². The number of nitrogens with zero attached hydrogens (tertiary/aromatic N) is 1. The van der Waals surface area contributed by atoms with E-state index in [1.165, 1.54) is 12.1 Å². The number of hydrogen-bond acceptors (Lipinski definition) is 5. The van der Waals surface area contributed by atoms with Gasteiger partial charge in [0.2, 0.25) is 0 Å². The van der Waals surface area contributed by atoms with Crippen molar-refractivity contribution >= 4 is 15.7 Å². The van der Waals surface area contributed by atoms with Crippen molar-refractivity contribution < 1.29 is 13.2 Å². The van der Waals surface area contributed by atoms with Crippen molar-refractivity contribution in [3.8, 4) is 0 Å². The second-order valence-corrected chi connectivity index (χ2v) is 8.61. The Labute approximate surface area is 160 Å². The molecule has 2 aromatic carbocycles. The lowest BCUT2D eigenvalue weighted by molar-refractivity contribution is 0.0947. The molecule has 2 N–H and O–H groups in total. The predicted molar refractivity (Wildman–Crippen MR) is 105 cm³/mol. The second kappa shape index (κ2) is 9.12. The number of rotatable bonds is 7. The lowest BCUT2D eigenvalue weighted by Gasteiger charge is -2.27. The Morgan fingerprint density at radius 3 is 2.33 bits per heavy atom. The van der Waals surface area contributed by atoms with Crippen LogP contribution in [-0.4, -0.2) is 58.5 Å². The average molecular weight is 388 g/mol. The van der Waals surface area contributed by atoms with Gasteiger partial charge in [-0.15, -0.1) is 0 Å². The van der Waals surface area contributed by atoms with E-state index >= 15 is 0 Å². The van der Waals surface area contributed by atoms with Crippen molar-refractivity contribution in [2.24, 2.45) is 0 Å². The Morgan fingerprint density at radius 1 is 1.00 bits per heavy atom. The monoisotopic (exact) mass is 387 g/mol. The zero-order valence-electron chi connectivity index (χ0n) is 15.2. The molecule has 0 unspecified atom stereocenters. The zero-order valence-corrected chi connectivity index (χ0v) is 16.0. The summed E-state index contributed by atoms with van der Waals surface area (Å²) in [5, 5.41) is 6.19. The molecule has 0 radical (unpaired) electrons. The molecule has 7 heteroatoms. The van der Waals surface area contributed by atoms with Gasteiger partial charge in [-0.3, -0.25) is 9.69 Å². The number of carbonyl (C=O) groups is 1.